The largest absolute Gasteiger partial charge is 0.478 e. The second-order valence-electron chi connectivity index (χ2n) is 9.07. The van der Waals surface area contributed by atoms with Gasteiger partial charge in [0.05, 0.1) is 39.4 Å². The summed E-state index contributed by atoms with van der Waals surface area (Å²) in [4.78, 5) is 35.9. The summed E-state index contributed by atoms with van der Waals surface area (Å²) in [5, 5.41) is 30.2. The second kappa shape index (κ2) is 12.8. The molecular formula is C30H25F3N4O5. The van der Waals surface area contributed by atoms with E-state index in [1.54, 1.807) is 6.07 Å². The van der Waals surface area contributed by atoms with Gasteiger partial charge < -0.3 is 31.5 Å². The van der Waals surface area contributed by atoms with Gasteiger partial charge in [0.25, 0.3) is 0 Å². The van der Waals surface area contributed by atoms with Gasteiger partial charge in [0, 0.05) is 13.1 Å². The Morgan fingerprint density at radius 2 is 1.17 bits per heavy atom. The number of rotatable bonds is 10. The first-order valence-corrected chi connectivity index (χ1v) is 12.5. The molecule has 42 heavy (non-hydrogen) atoms. The Morgan fingerprint density at radius 3 is 1.83 bits per heavy atom. The van der Waals surface area contributed by atoms with Crippen molar-refractivity contribution in [3.63, 3.8) is 0 Å². The van der Waals surface area contributed by atoms with Gasteiger partial charge in [0.15, 0.2) is 0 Å². The van der Waals surface area contributed by atoms with Crippen LogP contribution < -0.4 is 21.3 Å². The van der Waals surface area contributed by atoms with E-state index in [4.69, 9.17) is 0 Å². The molecule has 0 saturated carbocycles. The lowest BCUT2D eigenvalue weighted by atomic mass is 10.1. The van der Waals surface area contributed by atoms with Crippen LogP contribution in [0.2, 0.25) is 0 Å². The van der Waals surface area contributed by atoms with Crippen LogP contribution >= 0.6 is 0 Å². The zero-order valence-electron chi connectivity index (χ0n) is 21.8. The molecule has 0 fully saturated rings. The number of carboxylic acids is 2. The molecule has 0 spiro atoms. The van der Waals surface area contributed by atoms with Crippen LogP contribution in [0.4, 0.5) is 40.7 Å². The second-order valence-corrected chi connectivity index (χ2v) is 9.07. The third-order valence-electron chi connectivity index (χ3n) is 6.11. The molecule has 12 heteroatoms. The van der Waals surface area contributed by atoms with E-state index in [-0.39, 0.29) is 40.4 Å². The predicted octanol–water partition coefficient (Wildman–Crippen LogP) is 6.59. The number of aromatic carboxylic acids is 2. The lowest BCUT2D eigenvalue weighted by Gasteiger charge is -2.19. The Balaban J connectivity index is 1.57. The molecule has 4 rings (SSSR count). The highest BCUT2D eigenvalue weighted by Gasteiger charge is 2.31. The summed E-state index contributed by atoms with van der Waals surface area (Å²) >= 11 is 0. The number of carbonyl (C=O) groups is 3. The van der Waals surface area contributed by atoms with Gasteiger partial charge >= 0.3 is 24.1 Å². The number of amides is 2. The van der Waals surface area contributed by atoms with E-state index in [2.05, 4.69) is 21.3 Å². The molecule has 216 valence electrons. The van der Waals surface area contributed by atoms with E-state index >= 15 is 0 Å². The molecule has 0 aromatic heterocycles. The van der Waals surface area contributed by atoms with Crippen molar-refractivity contribution in [3.8, 4) is 0 Å². The van der Waals surface area contributed by atoms with E-state index in [9.17, 15) is 37.8 Å². The number of para-hydroxylation sites is 1. The van der Waals surface area contributed by atoms with E-state index < -0.39 is 29.7 Å². The lowest BCUT2D eigenvalue weighted by Crippen LogP contribution is -2.34. The minimum atomic E-state index is -4.69. The number of anilines is 4. The summed E-state index contributed by atoms with van der Waals surface area (Å²) in [6.45, 7) is 0.281. The highest BCUT2D eigenvalue weighted by atomic mass is 19.4. The average molecular weight is 579 g/mol. The highest BCUT2D eigenvalue weighted by Crippen LogP contribution is 2.37. The first-order chi connectivity index (χ1) is 20.0. The number of carbonyl (C=O) groups excluding carboxylic acids is 1. The minimum Gasteiger partial charge on any atom is -0.478 e. The first-order valence-electron chi connectivity index (χ1n) is 12.5. The molecule has 0 unspecified atom stereocenters. The van der Waals surface area contributed by atoms with Crippen LogP contribution in [-0.4, -0.2) is 28.2 Å². The number of hydrogen-bond acceptors (Lipinski definition) is 5. The molecule has 0 bridgehead atoms. The molecule has 9 nitrogen and oxygen atoms in total. The van der Waals surface area contributed by atoms with Crippen molar-refractivity contribution in [2.45, 2.75) is 19.3 Å². The molecule has 0 radical (unpaired) electrons. The van der Waals surface area contributed by atoms with Crippen molar-refractivity contribution >= 4 is 40.7 Å². The maximum Gasteiger partial charge on any atom is 0.416 e. The van der Waals surface area contributed by atoms with Crippen molar-refractivity contribution in [2.24, 2.45) is 0 Å². The van der Waals surface area contributed by atoms with Crippen molar-refractivity contribution in [3.05, 3.63) is 119 Å². The molecule has 0 heterocycles. The monoisotopic (exact) mass is 578 g/mol. The van der Waals surface area contributed by atoms with Gasteiger partial charge in [-0.2, -0.15) is 13.2 Å². The molecule has 0 aliphatic carbocycles. The fourth-order valence-corrected chi connectivity index (χ4v) is 4.01. The van der Waals surface area contributed by atoms with Crippen LogP contribution in [0.3, 0.4) is 0 Å². The van der Waals surface area contributed by atoms with Crippen LogP contribution in [0.25, 0.3) is 0 Å². The summed E-state index contributed by atoms with van der Waals surface area (Å²) < 4.78 is 40.6. The van der Waals surface area contributed by atoms with Crippen LogP contribution in [0.5, 0.6) is 0 Å². The Bertz CT molecular complexity index is 1610. The summed E-state index contributed by atoms with van der Waals surface area (Å²) in [6, 6.07) is 21.5. The van der Waals surface area contributed by atoms with Gasteiger partial charge in [-0.3, -0.25) is 0 Å². The van der Waals surface area contributed by atoms with E-state index in [1.165, 1.54) is 36.4 Å². The van der Waals surface area contributed by atoms with Gasteiger partial charge in [0.1, 0.15) is 0 Å². The van der Waals surface area contributed by atoms with Crippen LogP contribution in [0, 0.1) is 0 Å². The number of nitrogens with one attached hydrogen (secondary N) is 4. The van der Waals surface area contributed by atoms with Crippen molar-refractivity contribution in [2.75, 3.05) is 10.6 Å². The summed E-state index contributed by atoms with van der Waals surface area (Å²) in [5.41, 5.74) is 0.00462. The molecule has 6 N–H and O–H groups in total. The number of urea groups is 1. The Hall–Kier alpha value is -5.52. The predicted molar refractivity (Wildman–Crippen MR) is 150 cm³/mol. The molecule has 4 aromatic rings. The Kier molecular flexibility index (Phi) is 8.96. The molecule has 0 aliphatic heterocycles. The molecule has 0 aliphatic rings. The summed E-state index contributed by atoms with van der Waals surface area (Å²) in [6.07, 6.45) is -4.69. The number of alkyl halides is 3. The van der Waals surface area contributed by atoms with Crippen molar-refractivity contribution < 1.29 is 37.8 Å². The van der Waals surface area contributed by atoms with E-state index in [1.807, 2.05) is 30.3 Å². The molecule has 0 saturated heterocycles. The maximum atomic E-state index is 13.5. The van der Waals surface area contributed by atoms with E-state index in [0.29, 0.717) is 12.1 Å². The van der Waals surface area contributed by atoms with Gasteiger partial charge in [0.2, 0.25) is 0 Å². The summed E-state index contributed by atoms with van der Waals surface area (Å²) in [5.74, 6) is -2.60. The molecule has 0 atom stereocenters. The minimum absolute atomic E-state index is 0.0104. The Morgan fingerprint density at radius 1 is 0.595 bits per heavy atom. The van der Waals surface area contributed by atoms with Crippen LogP contribution in [0.15, 0.2) is 91.0 Å². The molecule has 4 aromatic carbocycles. The maximum absolute atomic E-state index is 13.5. The fourth-order valence-electron chi connectivity index (χ4n) is 4.01. The highest BCUT2D eigenvalue weighted by molar-refractivity contribution is 5.98. The molecule has 2 amide bonds. The van der Waals surface area contributed by atoms with Crippen LogP contribution in [0.1, 0.15) is 37.4 Å². The normalized spacial score (nSPS) is 10.9. The standard InChI is InChI=1S/C30H25F3N4O5/c31-30(32,33)20-11-13-25(36-23-9-5-4-8-21(23)27(38)39)26(15-20)37-24-12-10-19(14-22(24)28(40)41)17-35-29(42)34-16-18-6-2-1-3-7-18/h1-15,36-37H,16-17H2,(H,38,39)(H,40,41)(H2,34,35,42). The van der Waals surface area contributed by atoms with Gasteiger partial charge in [-0.1, -0.05) is 48.5 Å². The fraction of sp³-hybridized carbons (Fsp3) is 0.100. The zero-order valence-corrected chi connectivity index (χ0v) is 21.8. The van der Waals surface area contributed by atoms with Gasteiger partial charge in [-0.15, -0.1) is 0 Å². The third-order valence-corrected chi connectivity index (χ3v) is 6.11. The average Bonchev–Trinajstić information content (AvgIpc) is 2.96. The van der Waals surface area contributed by atoms with Crippen LogP contribution in [-0.2, 0) is 19.3 Å². The number of carboxylic acid groups (broad SMARTS) is 2. The lowest BCUT2D eigenvalue weighted by molar-refractivity contribution is -0.137. The summed E-state index contributed by atoms with van der Waals surface area (Å²) in [7, 11) is 0. The van der Waals surface area contributed by atoms with Gasteiger partial charge in [-0.25, -0.2) is 14.4 Å². The van der Waals surface area contributed by atoms with Crippen molar-refractivity contribution in [1.29, 1.82) is 0 Å². The third kappa shape index (κ3) is 7.56. The quantitative estimate of drug-likeness (QED) is 0.125. The Labute approximate surface area is 238 Å². The van der Waals surface area contributed by atoms with Gasteiger partial charge in [-0.05, 0) is 53.6 Å². The SMILES string of the molecule is O=C(NCc1ccccc1)NCc1ccc(Nc2cc(C(F)(F)F)ccc2Nc2ccccc2C(=O)O)c(C(=O)O)c1. The topological polar surface area (TPSA) is 140 Å². The van der Waals surface area contributed by atoms with E-state index in [0.717, 1.165) is 23.8 Å². The number of hydrogen-bond donors (Lipinski definition) is 6. The molecular weight excluding hydrogens is 553 g/mol. The van der Waals surface area contributed by atoms with Crippen molar-refractivity contribution in [1.82, 2.24) is 10.6 Å². The number of benzene rings is 4. The smallest absolute Gasteiger partial charge is 0.416 e. The first kappa shape index (κ1) is 29.5. The number of halogens is 3. The zero-order chi connectivity index (χ0) is 30.3.